The molecule has 114 valence electrons. The third-order valence-electron chi connectivity index (χ3n) is 3.53. The second-order valence-corrected chi connectivity index (χ2v) is 5.93. The summed E-state index contributed by atoms with van der Waals surface area (Å²) >= 11 is 12.3. The highest BCUT2D eigenvalue weighted by molar-refractivity contribution is 6.35. The zero-order chi connectivity index (χ0) is 15.5. The molecule has 1 aliphatic rings. The molecular formula is C16H15Cl2N3O. The maximum atomic E-state index is 12.2. The third-order valence-corrected chi connectivity index (χ3v) is 4.06. The number of fused-ring (bicyclic) bond motifs is 1. The van der Waals surface area contributed by atoms with Gasteiger partial charge in [-0.15, -0.1) is 0 Å². The molecule has 1 unspecified atom stereocenters. The Morgan fingerprint density at radius 1 is 1.18 bits per heavy atom. The van der Waals surface area contributed by atoms with Crippen molar-refractivity contribution in [2.45, 2.75) is 12.5 Å². The van der Waals surface area contributed by atoms with Crippen LogP contribution in [0.1, 0.15) is 18.0 Å². The summed E-state index contributed by atoms with van der Waals surface area (Å²) in [5, 5.41) is 10.2. The lowest BCUT2D eigenvalue weighted by atomic mass is 9.98. The van der Waals surface area contributed by atoms with Crippen molar-refractivity contribution in [3.63, 3.8) is 0 Å². The molecule has 0 saturated heterocycles. The van der Waals surface area contributed by atoms with E-state index in [1.807, 2.05) is 36.4 Å². The molecular weight excluding hydrogens is 321 g/mol. The van der Waals surface area contributed by atoms with Gasteiger partial charge in [-0.2, -0.15) is 0 Å². The molecule has 2 aromatic rings. The Morgan fingerprint density at radius 2 is 1.95 bits per heavy atom. The van der Waals surface area contributed by atoms with Crippen LogP contribution >= 0.6 is 23.2 Å². The molecule has 6 heteroatoms. The number of halogens is 2. The van der Waals surface area contributed by atoms with E-state index < -0.39 is 0 Å². The summed E-state index contributed by atoms with van der Waals surface area (Å²) < 4.78 is 0. The average molecular weight is 336 g/mol. The van der Waals surface area contributed by atoms with Crippen molar-refractivity contribution in [1.82, 2.24) is 5.32 Å². The van der Waals surface area contributed by atoms with Gasteiger partial charge in [-0.25, -0.2) is 4.79 Å². The van der Waals surface area contributed by atoms with Crippen LogP contribution in [0.5, 0.6) is 0 Å². The fourth-order valence-electron chi connectivity index (χ4n) is 2.57. The highest BCUT2D eigenvalue weighted by Crippen LogP contribution is 2.37. The average Bonchev–Trinajstić information content (AvgIpc) is 2.47. The lowest BCUT2D eigenvalue weighted by Gasteiger charge is -2.28. The van der Waals surface area contributed by atoms with Crippen molar-refractivity contribution in [2.24, 2.45) is 0 Å². The van der Waals surface area contributed by atoms with E-state index in [4.69, 9.17) is 23.2 Å². The van der Waals surface area contributed by atoms with Crippen LogP contribution in [-0.2, 0) is 0 Å². The number of rotatable bonds is 2. The number of hydrogen-bond acceptors (Lipinski definition) is 2. The number of nitrogens with one attached hydrogen (secondary N) is 3. The van der Waals surface area contributed by atoms with Gasteiger partial charge in [0.05, 0.1) is 6.04 Å². The van der Waals surface area contributed by atoms with Crippen LogP contribution in [0.25, 0.3) is 0 Å². The fourth-order valence-corrected chi connectivity index (χ4v) is 3.20. The summed E-state index contributed by atoms with van der Waals surface area (Å²) in [4.78, 5) is 12.2. The van der Waals surface area contributed by atoms with Gasteiger partial charge in [0.1, 0.15) is 0 Å². The van der Waals surface area contributed by atoms with Crippen LogP contribution in [0, 0.1) is 0 Å². The van der Waals surface area contributed by atoms with E-state index in [1.165, 1.54) is 0 Å². The third kappa shape index (κ3) is 3.29. The molecule has 0 fully saturated rings. The van der Waals surface area contributed by atoms with E-state index in [-0.39, 0.29) is 12.1 Å². The van der Waals surface area contributed by atoms with E-state index in [0.29, 0.717) is 10.0 Å². The van der Waals surface area contributed by atoms with Crippen LogP contribution in [0.15, 0.2) is 42.5 Å². The van der Waals surface area contributed by atoms with Crippen LogP contribution in [0.4, 0.5) is 16.2 Å². The van der Waals surface area contributed by atoms with Gasteiger partial charge < -0.3 is 16.0 Å². The van der Waals surface area contributed by atoms with Crippen molar-refractivity contribution >= 4 is 40.6 Å². The predicted octanol–water partition coefficient (Wildman–Crippen LogP) is 4.67. The van der Waals surface area contributed by atoms with Crippen molar-refractivity contribution in [1.29, 1.82) is 0 Å². The zero-order valence-electron chi connectivity index (χ0n) is 11.7. The monoisotopic (exact) mass is 335 g/mol. The molecule has 0 aromatic heterocycles. The molecule has 4 nitrogen and oxygen atoms in total. The Kier molecular flexibility index (Phi) is 4.41. The first-order valence-corrected chi connectivity index (χ1v) is 7.74. The molecule has 0 radical (unpaired) electrons. The van der Waals surface area contributed by atoms with E-state index in [1.54, 1.807) is 6.07 Å². The normalized spacial score (nSPS) is 16.4. The van der Waals surface area contributed by atoms with Gasteiger partial charge in [0.15, 0.2) is 0 Å². The molecule has 2 aromatic carbocycles. The lowest BCUT2D eigenvalue weighted by molar-refractivity contribution is 0.248. The van der Waals surface area contributed by atoms with Crippen molar-refractivity contribution < 1.29 is 4.79 Å². The number of benzene rings is 2. The second kappa shape index (κ2) is 6.46. The molecule has 1 atom stereocenters. The first kappa shape index (κ1) is 15.0. The molecule has 0 spiro atoms. The largest absolute Gasteiger partial charge is 0.385 e. The highest BCUT2D eigenvalue weighted by atomic mass is 35.5. The van der Waals surface area contributed by atoms with Crippen molar-refractivity contribution in [3.8, 4) is 0 Å². The van der Waals surface area contributed by atoms with E-state index in [2.05, 4.69) is 16.0 Å². The van der Waals surface area contributed by atoms with Gasteiger partial charge in [-0.1, -0.05) is 41.4 Å². The maximum absolute atomic E-state index is 12.2. The summed E-state index contributed by atoms with van der Waals surface area (Å²) in [6.07, 6.45) is 0.760. The Balaban J connectivity index is 1.76. The number of amides is 2. The standard InChI is InChI=1S/C16H15Cl2N3O/c17-10-8-12(18)15-13(6-7-19-14(15)9-10)21-16(22)20-11-4-2-1-3-5-11/h1-5,8-9,13,19H,6-7H2,(H2,20,21,22). The minimum Gasteiger partial charge on any atom is -0.385 e. The Morgan fingerprint density at radius 3 is 2.73 bits per heavy atom. The van der Waals surface area contributed by atoms with Gasteiger partial charge >= 0.3 is 6.03 Å². The topological polar surface area (TPSA) is 53.2 Å². The first-order valence-electron chi connectivity index (χ1n) is 6.99. The number of urea groups is 1. The quantitative estimate of drug-likeness (QED) is 0.746. The number of para-hydroxylation sites is 1. The summed E-state index contributed by atoms with van der Waals surface area (Å²) in [6.45, 7) is 0.750. The van der Waals surface area contributed by atoms with Gasteiger partial charge in [-0.05, 0) is 30.7 Å². The molecule has 1 heterocycles. The molecule has 3 N–H and O–H groups in total. The van der Waals surface area contributed by atoms with Crippen LogP contribution in [0.3, 0.4) is 0 Å². The number of carbonyl (C=O) groups excluding carboxylic acids is 1. The first-order chi connectivity index (χ1) is 10.6. The van der Waals surface area contributed by atoms with Gasteiger partial charge in [0.25, 0.3) is 0 Å². The molecule has 0 aliphatic carbocycles. The smallest absolute Gasteiger partial charge is 0.319 e. The van der Waals surface area contributed by atoms with Crippen molar-refractivity contribution in [2.75, 3.05) is 17.2 Å². The highest BCUT2D eigenvalue weighted by Gasteiger charge is 2.24. The SMILES string of the molecule is O=C(Nc1ccccc1)NC1CCNc2cc(Cl)cc(Cl)c21. The number of carbonyl (C=O) groups is 1. The molecule has 0 saturated carbocycles. The second-order valence-electron chi connectivity index (χ2n) is 5.08. The van der Waals surface area contributed by atoms with E-state index in [0.717, 1.165) is 29.9 Å². The molecule has 0 bridgehead atoms. The number of hydrogen-bond donors (Lipinski definition) is 3. The van der Waals surface area contributed by atoms with Gasteiger partial charge in [-0.3, -0.25) is 0 Å². The lowest BCUT2D eigenvalue weighted by Crippen LogP contribution is -2.36. The summed E-state index contributed by atoms with van der Waals surface area (Å²) in [5.74, 6) is 0. The minimum atomic E-state index is -0.255. The van der Waals surface area contributed by atoms with Gasteiger partial charge in [0.2, 0.25) is 0 Å². The molecule has 2 amide bonds. The summed E-state index contributed by atoms with van der Waals surface area (Å²) in [6, 6.07) is 12.4. The molecule has 3 rings (SSSR count). The zero-order valence-corrected chi connectivity index (χ0v) is 13.2. The van der Waals surface area contributed by atoms with Crippen LogP contribution < -0.4 is 16.0 Å². The summed E-state index contributed by atoms with van der Waals surface area (Å²) in [7, 11) is 0. The Bertz CT molecular complexity index is 691. The van der Waals surface area contributed by atoms with Crippen LogP contribution in [-0.4, -0.2) is 12.6 Å². The summed E-state index contributed by atoms with van der Waals surface area (Å²) in [5.41, 5.74) is 2.49. The number of anilines is 2. The maximum Gasteiger partial charge on any atom is 0.319 e. The fraction of sp³-hybridized carbons (Fsp3) is 0.188. The predicted molar refractivity (Wildman–Crippen MR) is 90.9 cm³/mol. The Labute approximate surface area is 138 Å². The van der Waals surface area contributed by atoms with E-state index in [9.17, 15) is 4.79 Å². The van der Waals surface area contributed by atoms with Crippen LogP contribution in [0.2, 0.25) is 10.0 Å². The van der Waals surface area contributed by atoms with Gasteiger partial charge in [0, 0.05) is 33.5 Å². The van der Waals surface area contributed by atoms with Crippen molar-refractivity contribution in [3.05, 3.63) is 58.1 Å². The van der Waals surface area contributed by atoms with E-state index >= 15 is 0 Å². The Hall–Kier alpha value is -1.91. The molecule has 22 heavy (non-hydrogen) atoms. The minimum absolute atomic E-state index is 0.148. The molecule has 1 aliphatic heterocycles.